The van der Waals surface area contributed by atoms with Crippen LogP contribution in [0.25, 0.3) is 0 Å². The van der Waals surface area contributed by atoms with Crippen LogP contribution in [0.15, 0.2) is 0 Å². The zero-order valence-corrected chi connectivity index (χ0v) is 4.52. The van der Waals surface area contributed by atoms with E-state index in [-0.39, 0.29) is 18.9 Å². The summed E-state index contributed by atoms with van der Waals surface area (Å²) in [5.74, 6) is 0. The van der Waals surface area contributed by atoms with Gasteiger partial charge in [-0.2, -0.15) is 0 Å². The Morgan fingerprint density at radius 2 is 2.29 bits per heavy atom. The first-order chi connectivity index (χ1) is 3.00. The van der Waals surface area contributed by atoms with Gasteiger partial charge >= 0.3 is 18.9 Å². The Balaban J connectivity index is 0.000000360. The molecule has 0 atom stereocenters. The van der Waals surface area contributed by atoms with E-state index in [1.54, 1.807) is 6.61 Å². The topological polar surface area (TPSA) is 18.5 Å². The predicted octanol–water partition coefficient (Wildman–Crippen LogP) is -2.45. The molecular weight excluding hydrogens is 87.0 g/mol. The number of hydrogen-bond donors (Lipinski definition) is 0. The van der Waals surface area contributed by atoms with Gasteiger partial charge in [-0.25, -0.2) is 6.61 Å². The van der Waals surface area contributed by atoms with Crippen LogP contribution in [0.5, 0.6) is 0 Å². The molecule has 1 rings (SSSR count). The molecule has 1 aliphatic heterocycles. The third-order valence-corrected chi connectivity index (χ3v) is 0.649. The molecule has 0 amide bonds. The molecule has 0 aliphatic carbocycles. The number of rotatable bonds is 0. The van der Waals surface area contributed by atoms with Crippen molar-refractivity contribution in [1.29, 1.82) is 0 Å². The van der Waals surface area contributed by atoms with Crippen molar-refractivity contribution >= 4 is 0 Å². The molecule has 0 N–H and O–H groups in total. The number of ether oxygens (including phenoxy) is 2. The molecule has 0 radical (unpaired) electrons. The van der Waals surface area contributed by atoms with Crippen molar-refractivity contribution in [2.24, 2.45) is 0 Å². The smallest absolute Gasteiger partial charge is 0.532 e. The maximum absolute atomic E-state index is 4.82. The van der Waals surface area contributed by atoms with Gasteiger partial charge in [0.2, 0.25) is 0 Å². The monoisotopic (exact) mass is 94.1 g/mol. The third-order valence-electron chi connectivity index (χ3n) is 0.649. The summed E-state index contributed by atoms with van der Waals surface area (Å²) in [4.78, 5) is 0. The second-order valence-corrected chi connectivity index (χ2v) is 1.15. The van der Waals surface area contributed by atoms with Gasteiger partial charge in [-0.3, -0.25) is 0 Å². The summed E-state index contributed by atoms with van der Waals surface area (Å²) >= 11 is 0. The Bertz CT molecular complexity index is 25.2. The Labute approximate surface area is 55.4 Å². The fourth-order valence-corrected chi connectivity index (χ4v) is 0.370. The quantitative estimate of drug-likeness (QED) is 0.245. The van der Waals surface area contributed by atoms with E-state index in [1.807, 2.05) is 0 Å². The molecule has 0 saturated carbocycles. The minimum Gasteiger partial charge on any atom is -0.532 e. The van der Waals surface area contributed by atoms with Gasteiger partial charge in [0.1, 0.15) is 6.79 Å². The fraction of sp³-hybridized carbons (Fsp3) is 0.750. The molecule has 2 nitrogen and oxygen atoms in total. The van der Waals surface area contributed by atoms with E-state index in [1.165, 1.54) is 0 Å². The molecule has 36 valence electrons. The minimum atomic E-state index is 0. The SMILES string of the molecule is [CH-]1CCOCO1.[Li+]. The van der Waals surface area contributed by atoms with Gasteiger partial charge in [0, 0.05) is 6.61 Å². The molecule has 0 aromatic heterocycles. The van der Waals surface area contributed by atoms with Crippen LogP contribution in [-0.2, 0) is 9.47 Å². The Kier molecular flexibility index (Phi) is 5.02. The van der Waals surface area contributed by atoms with E-state index < -0.39 is 0 Å². The van der Waals surface area contributed by atoms with Gasteiger partial charge in [0.05, 0.1) is 0 Å². The van der Waals surface area contributed by atoms with Crippen molar-refractivity contribution < 1.29 is 28.3 Å². The maximum atomic E-state index is 4.82. The minimum absolute atomic E-state index is 0. The van der Waals surface area contributed by atoms with Crippen LogP contribution in [-0.4, -0.2) is 13.4 Å². The van der Waals surface area contributed by atoms with Crippen molar-refractivity contribution in [2.75, 3.05) is 13.4 Å². The summed E-state index contributed by atoms with van der Waals surface area (Å²) in [5, 5.41) is 0. The average Bonchev–Trinajstić information content (AvgIpc) is 1.72. The summed E-state index contributed by atoms with van der Waals surface area (Å²) in [6, 6.07) is 0. The van der Waals surface area contributed by atoms with Crippen LogP contribution in [0.1, 0.15) is 6.42 Å². The van der Waals surface area contributed by atoms with Gasteiger partial charge in [-0.1, -0.05) is 0 Å². The van der Waals surface area contributed by atoms with Crippen LogP contribution in [0, 0.1) is 6.61 Å². The second kappa shape index (κ2) is 4.67. The van der Waals surface area contributed by atoms with Crippen LogP contribution in [0.3, 0.4) is 0 Å². The normalized spacial score (nSPS) is 20.6. The molecule has 1 saturated heterocycles. The molecular formula is C4H7LiO2. The van der Waals surface area contributed by atoms with Crippen molar-refractivity contribution in [2.45, 2.75) is 6.42 Å². The van der Waals surface area contributed by atoms with E-state index in [4.69, 9.17) is 9.47 Å². The number of hydrogen-bond acceptors (Lipinski definition) is 2. The molecule has 1 heterocycles. The maximum Gasteiger partial charge on any atom is 1.00 e. The van der Waals surface area contributed by atoms with Crippen molar-refractivity contribution in [1.82, 2.24) is 0 Å². The third kappa shape index (κ3) is 3.13. The molecule has 3 heteroatoms. The first kappa shape index (κ1) is 7.52. The first-order valence-electron chi connectivity index (χ1n) is 2.01. The van der Waals surface area contributed by atoms with Crippen LogP contribution in [0.2, 0.25) is 0 Å². The fourth-order valence-electron chi connectivity index (χ4n) is 0.370. The van der Waals surface area contributed by atoms with Crippen LogP contribution >= 0.6 is 0 Å². The first-order valence-corrected chi connectivity index (χ1v) is 2.01. The summed E-state index contributed by atoms with van der Waals surface area (Å²) in [6.07, 6.45) is 0.931. The van der Waals surface area contributed by atoms with Crippen LogP contribution in [0.4, 0.5) is 0 Å². The summed E-state index contributed by atoms with van der Waals surface area (Å²) in [7, 11) is 0. The second-order valence-electron chi connectivity index (χ2n) is 1.15. The Hall–Kier alpha value is 0.517. The van der Waals surface area contributed by atoms with Gasteiger partial charge < -0.3 is 9.47 Å². The largest absolute Gasteiger partial charge is 1.00 e. The average molecular weight is 94.0 g/mol. The zero-order chi connectivity index (χ0) is 4.24. The Morgan fingerprint density at radius 1 is 1.43 bits per heavy atom. The van der Waals surface area contributed by atoms with E-state index in [2.05, 4.69) is 0 Å². The van der Waals surface area contributed by atoms with Crippen LogP contribution < -0.4 is 18.9 Å². The van der Waals surface area contributed by atoms with E-state index in [9.17, 15) is 0 Å². The van der Waals surface area contributed by atoms with E-state index in [0.717, 1.165) is 13.0 Å². The summed E-state index contributed by atoms with van der Waals surface area (Å²) < 4.78 is 9.54. The predicted molar refractivity (Wildman–Crippen MR) is 20.8 cm³/mol. The molecule has 0 aromatic rings. The van der Waals surface area contributed by atoms with Gasteiger partial charge in [-0.05, 0) is 0 Å². The van der Waals surface area contributed by atoms with Crippen molar-refractivity contribution in [3.63, 3.8) is 0 Å². The standard InChI is InChI=1S/C4H7O2.Li/c1-2-5-4-6-3-1;/h2H,1,3-4H2;/q-1;+1. The zero-order valence-electron chi connectivity index (χ0n) is 4.52. The summed E-state index contributed by atoms with van der Waals surface area (Å²) in [5.41, 5.74) is 0. The molecule has 0 unspecified atom stereocenters. The molecule has 0 bridgehead atoms. The molecule has 7 heavy (non-hydrogen) atoms. The van der Waals surface area contributed by atoms with Crippen molar-refractivity contribution in [3.05, 3.63) is 6.61 Å². The Morgan fingerprint density at radius 3 is 2.43 bits per heavy atom. The molecule has 1 fully saturated rings. The molecule has 0 spiro atoms. The molecule has 1 aliphatic rings. The van der Waals surface area contributed by atoms with Crippen molar-refractivity contribution in [3.8, 4) is 0 Å². The molecule has 0 aromatic carbocycles. The van der Waals surface area contributed by atoms with Gasteiger partial charge in [-0.15, -0.1) is 6.42 Å². The van der Waals surface area contributed by atoms with E-state index >= 15 is 0 Å². The van der Waals surface area contributed by atoms with Gasteiger partial charge in [0.25, 0.3) is 0 Å². The van der Waals surface area contributed by atoms with Gasteiger partial charge in [0.15, 0.2) is 0 Å². The van der Waals surface area contributed by atoms with E-state index in [0.29, 0.717) is 6.79 Å². The summed E-state index contributed by atoms with van der Waals surface area (Å²) in [6.45, 7) is 3.03.